The third-order valence-corrected chi connectivity index (χ3v) is 7.27. The van der Waals surface area contributed by atoms with Crippen LogP contribution in [0.2, 0.25) is 0 Å². The van der Waals surface area contributed by atoms with Gasteiger partial charge in [0.1, 0.15) is 21.8 Å². The molecule has 1 aromatic heterocycles. The molecule has 9 nitrogen and oxygen atoms in total. The highest BCUT2D eigenvalue weighted by Gasteiger charge is 2.29. The van der Waals surface area contributed by atoms with Gasteiger partial charge in [0.15, 0.2) is 5.57 Å². The molecule has 3 rings (SSSR count). The van der Waals surface area contributed by atoms with Gasteiger partial charge in [0.2, 0.25) is 5.91 Å². The second-order valence-corrected chi connectivity index (χ2v) is 10.6. The third-order valence-electron chi connectivity index (χ3n) is 6.14. The topological polar surface area (TPSA) is 110 Å². The van der Waals surface area contributed by atoms with E-state index in [0.717, 1.165) is 27.0 Å². The lowest BCUT2D eigenvalue weighted by Crippen LogP contribution is -2.37. The number of anilines is 2. The van der Waals surface area contributed by atoms with Gasteiger partial charge in [-0.15, -0.1) is 11.3 Å². The van der Waals surface area contributed by atoms with E-state index in [0.29, 0.717) is 17.9 Å². The molecule has 0 aliphatic heterocycles. The van der Waals surface area contributed by atoms with Crippen LogP contribution in [0.4, 0.5) is 24.5 Å². The van der Waals surface area contributed by atoms with Crippen LogP contribution in [0, 0.1) is 18.3 Å². The number of hydrogen-bond acceptors (Lipinski definition) is 7. The van der Waals surface area contributed by atoms with Crippen molar-refractivity contribution in [3.05, 3.63) is 79.2 Å². The number of hydrogen-bond donors (Lipinski definition) is 2. The molecule has 13 heteroatoms. The Hall–Kier alpha value is -4.41. The predicted molar refractivity (Wildman–Crippen MR) is 157 cm³/mol. The number of aromatic nitrogens is 1. The number of carbonyl (C=O) groups excluding carboxylic acids is 2. The van der Waals surface area contributed by atoms with E-state index in [1.54, 1.807) is 49.6 Å². The highest BCUT2D eigenvalue weighted by molar-refractivity contribution is 7.07. The van der Waals surface area contributed by atoms with Crippen molar-refractivity contribution in [1.29, 1.82) is 5.26 Å². The minimum Gasteiger partial charge on any atom is -0.360 e. The van der Waals surface area contributed by atoms with Gasteiger partial charge in [-0.05, 0) is 44.7 Å². The van der Waals surface area contributed by atoms with Crippen molar-refractivity contribution in [2.24, 2.45) is 0 Å². The molecule has 0 spiro atoms. The van der Waals surface area contributed by atoms with Crippen molar-refractivity contribution >= 4 is 46.3 Å². The first-order valence-corrected chi connectivity index (χ1v) is 13.7. The number of halogens is 3. The van der Waals surface area contributed by atoms with Crippen LogP contribution in [0.1, 0.15) is 18.1 Å². The first-order valence-electron chi connectivity index (χ1n) is 12.9. The molecule has 0 atom stereocenters. The molecule has 0 unspecified atom stereocenters. The fraction of sp³-hybridized carbons (Fsp3) is 0.310. The molecule has 0 radical (unpaired) electrons. The highest BCUT2D eigenvalue weighted by atomic mass is 32.1. The van der Waals surface area contributed by atoms with Crippen molar-refractivity contribution in [1.82, 2.24) is 14.8 Å². The first-order chi connectivity index (χ1) is 19.8. The zero-order chi connectivity index (χ0) is 31.0. The van der Waals surface area contributed by atoms with E-state index in [9.17, 15) is 32.8 Å². The molecular formula is C29H31F3N6O3S. The SMILES string of the molecule is CCn1c(=C(C#N)C(=O)NCC(F)(F)F)sc(=CNc2cccc(N(C)C(=O)CN(C)Cc3cccc(C)c3)c2)c1=O. The molecule has 3 aromatic rings. The Kier molecular flexibility index (Phi) is 10.7. The Labute approximate surface area is 244 Å². The molecule has 0 bridgehead atoms. The molecule has 0 aliphatic rings. The number of thiazole rings is 1. The van der Waals surface area contributed by atoms with Gasteiger partial charge in [-0.1, -0.05) is 35.9 Å². The average molecular weight is 601 g/mol. The second-order valence-electron chi connectivity index (χ2n) is 9.56. The van der Waals surface area contributed by atoms with Crippen LogP contribution in [-0.4, -0.2) is 54.6 Å². The molecule has 0 saturated heterocycles. The van der Waals surface area contributed by atoms with Crippen molar-refractivity contribution in [3.8, 4) is 6.07 Å². The van der Waals surface area contributed by atoms with Crippen molar-refractivity contribution < 1.29 is 22.8 Å². The Morgan fingerprint density at radius 2 is 1.86 bits per heavy atom. The van der Waals surface area contributed by atoms with Crippen molar-refractivity contribution in [2.45, 2.75) is 33.1 Å². The lowest BCUT2D eigenvalue weighted by Gasteiger charge is -2.22. The van der Waals surface area contributed by atoms with Crippen LogP contribution in [0.3, 0.4) is 0 Å². The predicted octanol–water partition coefficient (Wildman–Crippen LogP) is 2.54. The number of benzene rings is 2. The van der Waals surface area contributed by atoms with Crippen LogP contribution in [0.5, 0.6) is 0 Å². The number of rotatable bonds is 10. The van der Waals surface area contributed by atoms with Gasteiger partial charge in [-0.2, -0.15) is 18.4 Å². The maximum absolute atomic E-state index is 13.0. The molecule has 42 heavy (non-hydrogen) atoms. The molecule has 1 heterocycles. The van der Waals surface area contributed by atoms with Gasteiger partial charge in [-0.25, -0.2) is 0 Å². The summed E-state index contributed by atoms with van der Waals surface area (Å²) in [6, 6.07) is 16.7. The van der Waals surface area contributed by atoms with Gasteiger partial charge in [0, 0.05) is 37.7 Å². The van der Waals surface area contributed by atoms with Crippen LogP contribution in [0.25, 0.3) is 11.8 Å². The summed E-state index contributed by atoms with van der Waals surface area (Å²) in [4.78, 5) is 41.6. The number of nitrogens with zero attached hydrogens (tertiary/aromatic N) is 4. The van der Waals surface area contributed by atoms with E-state index >= 15 is 0 Å². The number of nitrogens with one attached hydrogen (secondary N) is 2. The Morgan fingerprint density at radius 1 is 1.14 bits per heavy atom. The monoisotopic (exact) mass is 600 g/mol. The minimum atomic E-state index is -4.65. The van der Waals surface area contributed by atoms with Crippen LogP contribution in [0.15, 0.2) is 53.3 Å². The number of likely N-dealkylation sites (N-methyl/N-ethyl adjacent to an activating group) is 2. The number of aryl methyl sites for hydroxylation is 1. The molecule has 2 amide bonds. The summed E-state index contributed by atoms with van der Waals surface area (Å²) >= 11 is 0.809. The van der Waals surface area contributed by atoms with E-state index in [1.165, 1.54) is 11.1 Å². The zero-order valence-corrected chi connectivity index (χ0v) is 24.4. The third kappa shape index (κ3) is 8.55. The lowest BCUT2D eigenvalue weighted by molar-refractivity contribution is -0.135. The Bertz CT molecular complexity index is 1670. The van der Waals surface area contributed by atoms with Crippen LogP contribution in [-0.2, 0) is 22.7 Å². The second kappa shape index (κ2) is 14.0. The Balaban J connectivity index is 1.79. The summed E-state index contributed by atoms with van der Waals surface area (Å²) in [6.45, 7) is 2.93. The largest absolute Gasteiger partial charge is 0.405 e. The number of carbonyl (C=O) groups is 2. The van der Waals surface area contributed by atoms with Crippen LogP contribution < -0.4 is 30.3 Å². The molecule has 2 aromatic carbocycles. The molecule has 0 aliphatic carbocycles. The van der Waals surface area contributed by atoms with Gasteiger partial charge < -0.3 is 15.5 Å². The van der Waals surface area contributed by atoms with Crippen LogP contribution >= 0.6 is 11.3 Å². The van der Waals surface area contributed by atoms with Gasteiger partial charge in [-0.3, -0.25) is 23.9 Å². The summed E-state index contributed by atoms with van der Waals surface area (Å²) in [7, 11) is 3.54. The summed E-state index contributed by atoms with van der Waals surface area (Å²) in [5.41, 5.74) is 2.33. The molecule has 222 valence electrons. The number of alkyl halides is 3. The van der Waals surface area contributed by atoms with Gasteiger partial charge in [0.25, 0.3) is 11.5 Å². The van der Waals surface area contributed by atoms with Crippen molar-refractivity contribution in [3.63, 3.8) is 0 Å². The van der Waals surface area contributed by atoms with E-state index in [4.69, 9.17) is 0 Å². The summed E-state index contributed by atoms with van der Waals surface area (Å²) < 4.78 is 38.8. The summed E-state index contributed by atoms with van der Waals surface area (Å²) in [5.74, 6) is -1.34. The zero-order valence-electron chi connectivity index (χ0n) is 23.6. The molecule has 0 fully saturated rings. The number of nitriles is 1. The van der Waals surface area contributed by atoms with Crippen molar-refractivity contribution in [2.75, 3.05) is 37.4 Å². The normalized spacial score (nSPS) is 12.6. The lowest BCUT2D eigenvalue weighted by atomic mass is 10.1. The van der Waals surface area contributed by atoms with E-state index in [2.05, 4.69) is 11.4 Å². The average Bonchev–Trinajstić information content (AvgIpc) is 3.24. The fourth-order valence-electron chi connectivity index (χ4n) is 4.07. The quantitative estimate of drug-likeness (QED) is 0.370. The minimum absolute atomic E-state index is 0.0495. The Morgan fingerprint density at radius 3 is 2.50 bits per heavy atom. The highest BCUT2D eigenvalue weighted by Crippen LogP contribution is 2.19. The standard InChI is InChI=1S/C29H31F3N6O3S/c1-5-38-27(41)24(42-28(38)23(14-33)26(40)35-18-29(30,31)32)15-34-21-10-7-11-22(13-21)37(4)25(39)17-36(3)16-20-9-6-8-19(2)12-20/h6-13,15,34H,5,16-18H2,1-4H3,(H,35,40). The number of amides is 2. The smallest absolute Gasteiger partial charge is 0.360 e. The van der Waals surface area contributed by atoms with E-state index in [-0.39, 0.29) is 28.2 Å². The first kappa shape index (κ1) is 32.1. The molecule has 0 saturated carbocycles. The summed E-state index contributed by atoms with van der Waals surface area (Å²) in [6.07, 6.45) is -3.26. The van der Waals surface area contributed by atoms with Gasteiger partial charge in [0.05, 0.1) is 6.54 Å². The van der Waals surface area contributed by atoms with E-state index in [1.807, 2.05) is 37.1 Å². The maximum Gasteiger partial charge on any atom is 0.405 e. The van der Waals surface area contributed by atoms with Gasteiger partial charge >= 0.3 is 6.18 Å². The fourth-order valence-corrected chi connectivity index (χ4v) is 5.16. The maximum atomic E-state index is 13.0. The summed E-state index contributed by atoms with van der Waals surface area (Å²) in [5, 5.41) is 14.1. The molecular weight excluding hydrogens is 569 g/mol. The van der Waals surface area contributed by atoms with E-state index < -0.39 is 29.8 Å². The molecule has 2 N–H and O–H groups in total.